The third-order valence-corrected chi connectivity index (χ3v) is 7.72. The van der Waals surface area contributed by atoms with Crippen molar-refractivity contribution in [3.8, 4) is 40.2 Å². The summed E-state index contributed by atoms with van der Waals surface area (Å²) in [6.07, 6.45) is -0.913. The molecule has 4 rings (SSSR count). The maximum atomic E-state index is 13.3. The zero-order chi connectivity index (χ0) is 30.2. The number of phenols is 5. The molecule has 1 aliphatic heterocycles. The monoisotopic (exact) mass is 571 g/mol. The molecule has 1 aliphatic carbocycles. The van der Waals surface area contributed by atoms with E-state index in [1.54, 1.807) is 0 Å². The number of aliphatic hydroxyl groups is 7. The molecule has 1 fully saturated rings. The number of nitrogens with zero attached hydrogens (tertiary/aromatic N) is 1. The quantitative estimate of drug-likeness (QED) is 0.0968. The summed E-state index contributed by atoms with van der Waals surface area (Å²) in [5.74, 6) is -20.2. The minimum atomic E-state index is -3.63. The highest BCUT2D eigenvalue weighted by atomic mass is 16.6. The summed E-state index contributed by atoms with van der Waals surface area (Å²) in [6, 6.07) is 2.01. The summed E-state index contributed by atoms with van der Waals surface area (Å²) in [5.41, 5.74) is -5.92. The van der Waals surface area contributed by atoms with Crippen molar-refractivity contribution in [3.63, 3.8) is 0 Å². The molecule has 0 bridgehead atoms. The van der Waals surface area contributed by atoms with Gasteiger partial charge in [0.15, 0.2) is 23.0 Å². The second-order valence-electron chi connectivity index (χ2n) is 9.71. The second kappa shape index (κ2) is 9.22. The molecule has 16 heteroatoms. The molecule has 2 aromatic carbocycles. The first-order chi connectivity index (χ1) is 18.4. The highest BCUT2D eigenvalue weighted by Gasteiger charge is 2.74. The van der Waals surface area contributed by atoms with Gasteiger partial charge in [0.2, 0.25) is 40.2 Å². The first-order valence-electron chi connectivity index (χ1n) is 11.7. The molecular weight excluding hydrogens is 542 g/mol. The summed E-state index contributed by atoms with van der Waals surface area (Å²) in [6.45, 7) is -1.02. The molecule has 1 heterocycles. The van der Waals surface area contributed by atoms with Crippen molar-refractivity contribution in [2.75, 3.05) is 27.3 Å². The van der Waals surface area contributed by atoms with Gasteiger partial charge < -0.3 is 70.8 Å². The van der Waals surface area contributed by atoms with Gasteiger partial charge in [-0.15, -0.1) is 0 Å². The average molecular weight is 571 g/mol. The minimum Gasteiger partial charge on any atom is -0.504 e. The van der Waals surface area contributed by atoms with Gasteiger partial charge in [0.1, 0.15) is 5.56 Å². The number of ketones is 1. The van der Waals surface area contributed by atoms with Crippen LogP contribution in [0.25, 0.3) is 0 Å². The van der Waals surface area contributed by atoms with Crippen molar-refractivity contribution >= 4 is 5.78 Å². The first-order valence-corrected chi connectivity index (χ1v) is 11.7. The molecule has 16 nitrogen and oxygen atoms in total. The van der Waals surface area contributed by atoms with Crippen LogP contribution in [0.3, 0.4) is 0 Å². The highest BCUT2D eigenvalue weighted by molar-refractivity contribution is 6.09. The molecule has 0 aromatic heterocycles. The predicted octanol–water partition coefficient (Wildman–Crippen LogP) is -2.52. The SMILES string of the molecule is COc1cc2c(cc1OC)C(O)(O)C(O)(C(O)(O)C1CCN(C(O)(O)c3c(O)c(O)c(O)c(O)c3O)CC1)C2=O. The molecule has 2 aliphatic rings. The van der Waals surface area contributed by atoms with E-state index in [0.29, 0.717) is 0 Å². The van der Waals surface area contributed by atoms with Crippen molar-refractivity contribution in [2.24, 2.45) is 5.92 Å². The number of Topliss-reactive ketones (excluding diaryl/α,β-unsaturated/α-hetero) is 1. The van der Waals surface area contributed by atoms with Crippen molar-refractivity contribution in [2.45, 2.75) is 35.9 Å². The van der Waals surface area contributed by atoms with Crippen LogP contribution in [0.2, 0.25) is 0 Å². The van der Waals surface area contributed by atoms with Gasteiger partial charge in [-0.05, 0) is 25.0 Å². The van der Waals surface area contributed by atoms with E-state index in [4.69, 9.17) is 9.47 Å². The smallest absolute Gasteiger partial charge is 0.261 e. The summed E-state index contributed by atoms with van der Waals surface area (Å²) in [7, 11) is 2.46. The standard InChI is InChI=1S/C24H29NO15/c1-39-12-7-10-11(8-13(12)40-2)23(35,36)21(32,20(10)31)22(33,34)9-3-5-25(6-4-9)24(37,38)14-15(26)17(28)19(30)18(29)16(14)27/h7-9,26-30,32-38H,3-6H2,1-2H3. The molecule has 0 radical (unpaired) electrons. The van der Waals surface area contributed by atoms with E-state index in [-0.39, 0.29) is 11.5 Å². The third-order valence-electron chi connectivity index (χ3n) is 7.72. The summed E-state index contributed by atoms with van der Waals surface area (Å²) < 4.78 is 10.2. The van der Waals surface area contributed by atoms with Crippen molar-refractivity contribution in [1.29, 1.82) is 0 Å². The molecule has 1 unspecified atom stereocenters. The Morgan fingerprint density at radius 2 is 1.25 bits per heavy atom. The van der Waals surface area contributed by atoms with Gasteiger partial charge in [-0.25, -0.2) is 4.90 Å². The number of hydrogen-bond donors (Lipinski definition) is 12. The number of hydrogen-bond acceptors (Lipinski definition) is 16. The second-order valence-corrected chi connectivity index (χ2v) is 9.71. The topological polar surface area (TPSA) is 282 Å². The van der Waals surface area contributed by atoms with Gasteiger partial charge >= 0.3 is 0 Å². The third kappa shape index (κ3) is 3.66. The van der Waals surface area contributed by atoms with Gasteiger partial charge in [0.05, 0.1) is 14.2 Å². The molecule has 1 atom stereocenters. The van der Waals surface area contributed by atoms with Crippen LogP contribution >= 0.6 is 0 Å². The van der Waals surface area contributed by atoms with E-state index < -0.39 is 106 Å². The van der Waals surface area contributed by atoms with Crippen LogP contribution in [0.1, 0.15) is 34.3 Å². The van der Waals surface area contributed by atoms with E-state index in [2.05, 4.69) is 0 Å². The number of fused-ring (bicyclic) bond motifs is 1. The number of likely N-dealkylation sites (tertiary alicyclic amines) is 1. The summed E-state index contributed by atoms with van der Waals surface area (Å²) in [4.78, 5) is 14.0. The Balaban J connectivity index is 1.65. The van der Waals surface area contributed by atoms with E-state index in [0.717, 1.165) is 17.0 Å². The molecule has 40 heavy (non-hydrogen) atoms. The van der Waals surface area contributed by atoms with Crippen LogP contribution in [0, 0.1) is 5.92 Å². The van der Waals surface area contributed by atoms with Crippen molar-refractivity contribution in [1.82, 2.24) is 4.90 Å². The Labute approximate surface area is 225 Å². The van der Waals surface area contributed by atoms with Crippen LogP contribution < -0.4 is 9.47 Å². The van der Waals surface area contributed by atoms with Crippen molar-refractivity contribution < 1.29 is 75.5 Å². The predicted molar refractivity (Wildman–Crippen MR) is 127 cm³/mol. The van der Waals surface area contributed by atoms with Gasteiger partial charge in [0.25, 0.3) is 5.91 Å². The van der Waals surface area contributed by atoms with E-state index in [1.807, 2.05) is 0 Å². The minimum absolute atomic E-state index is 0.0236. The number of phenolic OH excluding ortho intramolecular Hbond substituents is 5. The van der Waals surface area contributed by atoms with Crippen LogP contribution in [0.5, 0.6) is 40.2 Å². The molecule has 12 N–H and O–H groups in total. The Hall–Kier alpha value is -3.61. The van der Waals surface area contributed by atoms with Gasteiger partial charge in [-0.3, -0.25) is 4.79 Å². The number of methoxy groups -OCH3 is 2. The lowest BCUT2D eigenvalue weighted by atomic mass is 9.73. The Bertz CT molecular complexity index is 1330. The molecule has 2 aromatic rings. The van der Waals surface area contributed by atoms with E-state index in [9.17, 15) is 66.1 Å². The number of carbonyl (C=O) groups excluding carboxylic acids is 1. The zero-order valence-electron chi connectivity index (χ0n) is 21.1. The van der Waals surface area contributed by atoms with Crippen LogP contribution in [0.4, 0.5) is 0 Å². The zero-order valence-corrected chi connectivity index (χ0v) is 21.1. The molecule has 1 saturated heterocycles. The lowest BCUT2D eigenvalue weighted by Gasteiger charge is -2.48. The van der Waals surface area contributed by atoms with Gasteiger partial charge in [-0.2, -0.15) is 0 Å². The number of ether oxygens (including phenoxy) is 2. The van der Waals surface area contributed by atoms with Gasteiger partial charge in [0, 0.05) is 30.1 Å². The van der Waals surface area contributed by atoms with Crippen molar-refractivity contribution in [3.05, 3.63) is 28.8 Å². The molecular formula is C24H29NO15. The first kappa shape index (κ1) is 29.4. The molecule has 0 spiro atoms. The fourth-order valence-corrected chi connectivity index (χ4v) is 5.38. The maximum Gasteiger partial charge on any atom is 0.261 e. The molecule has 0 saturated carbocycles. The number of carbonyl (C=O) groups is 1. The molecule has 220 valence electrons. The molecule has 0 amide bonds. The number of aromatic hydroxyl groups is 5. The number of piperidine rings is 1. The maximum absolute atomic E-state index is 13.3. The van der Waals surface area contributed by atoms with Crippen LogP contribution in [0.15, 0.2) is 12.1 Å². The summed E-state index contributed by atoms with van der Waals surface area (Å²) >= 11 is 0. The number of benzene rings is 2. The fourth-order valence-electron chi connectivity index (χ4n) is 5.38. The van der Waals surface area contributed by atoms with E-state index in [1.165, 1.54) is 14.2 Å². The number of rotatable bonds is 6. The Kier molecular flexibility index (Phi) is 6.77. The lowest BCUT2D eigenvalue weighted by molar-refractivity contribution is -0.378. The Morgan fingerprint density at radius 1 is 0.800 bits per heavy atom. The fraction of sp³-hybridized carbons (Fsp3) is 0.458. The lowest BCUT2D eigenvalue weighted by Crippen LogP contribution is -2.71. The van der Waals surface area contributed by atoms with Gasteiger partial charge in [-0.1, -0.05) is 0 Å². The normalized spacial score (nSPS) is 21.9. The van der Waals surface area contributed by atoms with E-state index >= 15 is 0 Å². The highest BCUT2D eigenvalue weighted by Crippen LogP contribution is 2.56. The largest absolute Gasteiger partial charge is 0.504 e. The van der Waals surface area contributed by atoms with Crippen LogP contribution in [-0.4, -0.2) is 111 Å². The average Bonchev–Trinajstić information content (AvgIpc) is 3.07. The van der Waals surface area contributed by atoms with Crippen LogP contribution in [-0.2, 0) is 11.7 Å². The summed E-state index contributed by atoms with van der Waals surface area (Å²) in [5, 5.41) is 126. The Morgan fingerprint density at radius 3 is 1.73 bits per heavy atom.